The molecule has 1 amide bonds. The van der Waals surface area contributed by atoms with E-state index >= 15 is 0 Å². The molecule has 0 unspecified atom stereocenters. The van der Waals surface area contributed by atoms with Gasteiger partial charge in [-0.1, -0.05) is 11.2 Å². The maximum Gasteiger partial charge on any atom is 0.226 e. The number of hydrogen-bond donors (Lipinski definition) is 1. The first-order valence-corrected chi connectivity index (χ1v) is 8.49. The molecule has 0 saturated heterocycles. The fourth-order valence-corrected chi connectivity index (χ4v) is 3.19. The molecule has 0 spiro atoms. The second-order valence-electron chi connectivity index (χ2n) is 4.67. The van der Waals surface area contributed by atoms with E-state index in [9.17, 15) is 4.79 Å². The van der Waals surface area contributed by atoms with E-state index in [0.29, 0.717) is 36.1 Å². The van der Waals surface area contributed by atoms with Crippen LogP contribution in [-0.4, -0.2) is 21.0 Å². The number of amides is 1. The molecule has 114 valence electrons. The van der Waals surface area contributed by atoms with Gasteiger partial charge in [-0.25, -0.2) is 4.98 Å². The molecule has 0 saturated carbocycles. The van der Waals surface area contributed by atoms with Crippen molar-refractivity contribution in [2.24, 2.45) is 0 Å². The highest BCUT2D eigenvalue weighted by Gasteiger charge is 2.10. The van der Waals surface area contributed by atoms with E-state index in [4.69, 9.17) is 4.52 Å². The zero-order valence-corrected chi connectivity index (χ0v) is 13.5. The van der Waals surface area contributed by atoms with Crippen molar-refractivity contribution in [1.82, 2.24) is 15.1 Å². The van der Waals surface area contributed by atoms with Crippen LogP contribution in [0.2, 0.25) is 0 Å². The van der Waals surface area contributed by atoms with Gasteiger partial charge >= 0.3 is 0 Å². The van der Waals surface area contributed by atoms with Crippen LogP contribution in [0.1, 0.15) is 23.6 Å². The number of anilines is 1. The Morgan fingerprint density at radius 1 is 1.45 bits per heavy atom. The number of carbonyl (C=O) groups excluding carboxylic acids is 1. The minimum Gasteiger partial charge on any atom is -0.339 e. The van der Waals surface area contributed by atoms with Gasteiger partial charge in [0.15, 0.2) is 5.13 Å². The van der Waals surface area contributed by atoms with Crippen molar-refractivity contribution >= 4 is 33.7 Å². The van der Waals surface area contributed by atoms with Gasteiger partial charge in [0, 0.05) is 23.9 Å². The lowest BCUT2D eigenvalue weighted by molar-refractivity contribution is -0.116. The van der Waals surface area contributed by atoms with Crippen LogP contribution in [0, 0.1) is 6.92 Å². The number of thiazole rings is 1. The molecule has 0 atom stereocenters. The Hall–Kier alpha value is -2.06. The normalized spacial score (nSPS) is 10.8. The molecule has 3 rings (SSSR count). The molecule has 0 bridgehead atoms. The fraction of sp³-hybridized carbons (Fsp3) is 0.286. The van der Waals surface area contributed by atoms with Gasteiger partial charge < -0.3 is 9.84 Å². The number of carbonyl (C=O) groups is 1. The summed E-state index contributed by atoms with van der Waals surface area (Å²) in [7, 11) is 0. The summed E-state index contributed by atoms with van der Waals surface area (Å²) in [5.74, 6) is 1.11. The number of nitrogens with one attached hydrogen (secondary N) is 1. The quantitative estimate of drug-likeness (QED) is 0.746. The minimum absolute atomic E-state index is 0.0488. The van der Waals surface area contributed by atoms with Crippen LogP contribution in [-0.2, 0) is 11.2 Å². The number of thiophene rings is 1. The van der Waals surface area contributed by atoms with Crippen molar-refractivity contribution in [3.63, 3.8) is 0 Å². The van der Waals surface area contributed by atoms with Crippen LogP contribution >= 0.6 is 22.7 Å². The summed E-state index contributed by atoms with van der Waals surface area (Å²) in [5.41, 5.74) is 0. The first-order valence-electron chi connectivity index (χ1n) is 6.79. The molecule has 3 aromatic heterocycles. The maximum atomic E-state index is 11.8. The Morgan fingerprint density at radius 3 is 3.09 bits per heavy atom. The molecule has 0 aromatic carbocycles. The summed E-state index contributed by atoms with van der Waals surface area (Å²) in [5, 5.41) is 9.33. The van der Waals surface area contributed by atoms with Gasteiger partial charge in [-0.15, -0.1) is 22.7 Å². The van der Waals surface area contributed by atoms with Crippen molar-refractivity contribution < 1.29 is 9.32 Å². The topological polar surface area (TPSA) is 80.9 Å². The van der Waals surface area contributed by atoms with Crippen LogP contribution < -0.4 is 5.32 Å². The van der Waals surface area contributed by atoms with Crippen LogP contribution in [0.25, 0.3) is 10.7 Å². The second kappa shape index (κ2) is 6.80. The predicted octanol–water partition coefficient (Wildman–Crippen LogP) is 3.52. The van der Waals surface area contributed by atoms with Crippen LogP contribution in [0.5, 0.6) is 0 Å². The highest BCUT2D eigenvalue weighted by molar-refractivity contribution is 7.15. The Bertz CT molecular complexity index is 749. The van der Waals surface area contributed by atoms with Crippen molar-refractivity contribution in [3.05, 3.63) is 34.5 Å². The summed E-state index contributed by atoms with van der Waals surface area (Å²) < 4.78 is 5.20. The minimum atomic E-state index is -0.0488. The molecular weight excluding hydrogens is 320 g/mol. The molecule has 22 heavy (non-hydrogen) atoms. The molecule has 0 radical (unpaired) electrons. The maximum absolute atomic E-state index is 11.8. The number of hydrogen-bond acceptors (Lipinski definition) is 7. The summed E-state index contributed by atoms with van der Waals surface area (Å²) in [6.07, 6.45) is 3.38. The van der Waals surface area contributed by atoms with E-state index in [1.165, 1.54) is 11.3 Å². The number of nitrogens with zero attached hydrogens (tertiary/aromatic N) is 3. The monoisotopic (exact) mass is 334 g/mol. The Labute approximate surface area is 135 Å². The third-order valence-electron chi connectivity index (χ3n) is 2.87. The highest BCUT2D eigenvalue weighted by Crippen LogP contribution is 2.21. The third kappa shape index (κ3) is 3.77. The van der Waals surface area contributed by atoms with Crippen LogP contribution in [0.3, 0.4) is 0 Å². The van der Waals surface area contributed by atoms with E-state index in [2.05, 4.69) is 20.4 Å². The highest BCUT2D eigenvalue weighted by atomic mass is 32.1. The predicted molar refractivity (Wildman–Crippen MR) is 86.0 cm³/mol. The molecule has 0 aliphatic carbocycles. The van der Waals surface area contributed by atoms with E-state index in [0.717, 1.165) is 9.75 Å². The Balaban J connectivity index is 1.46. The molecule has 0 aliphatic rings. The molecule has 8 heteroatoms. The molecule has 1 N–H and O–H groups in total. The van der Waals surface area contributed by atoms with E-state index in [1.54, 1.807) is 17.5 Å². The van der Waals surface area contributed by atoms with E-state index in [-0.39, 0.29) is 5.91 Å². The second-order valence-corrected chi connectivity index (χ2v) is 6.85. The zero-order chi connectivity index (χ0) is 15.4. The summed E-state index contributed by atoms with van der Waals surface area (Å²) in [6.45, 7) is 1.95. The molecular formula is C14H14N4O2S2. The van der Waals surface area contributed by atoms with Crippen molar-refractivity contribution in [3.8, 4) is 10.7 Å². The van der Waals surface area contributed by atoms with Crippen LogP contribution in [0.4, 0.5) is 5.13 Å². The SMILES string of the molecule is Cc1cnc(NC(=O)CCCc2nc(-c3cccs3)no2)s1. The van der Waals surface area contributed by atoms with Gasteiger partial charge in [-0.2, -0.15) is 4.98 Å². The number of rotatable bonds is 6. The van der Waals surface area contributed by atoms with Crippen molar-refractivity contribution in [2.45, 2.75) is 26.2 Å². The third-order valence-corrected chi connectivity index (χ3v) is 4.57. The first kappa shape index (κ1) is 14.9. The summed E-state index contributed by atoms with van der Waals surface area (Å²) >= 11 is 3.03. The van der Waals surface area contributed by atoms with Crippen molar-refractivity contribution in [1.29, 1.82) is 0 Å². The average molecular weight is 334 g/mol. The van der Waals surface area contributed by atoms with Gasteiger partial charge in [0.05, 0.1) is 4.88 Å². The molecule has 0 aliphatic heterocycles. The molecule has 6 nitrogen and oxygen atoms in total. The lowest BCUT2D eigenvalue weighted by Gasteiger charge is -1.99. The summed E-state index contributed by atoms with van der Waals surface area (Å²) in [4.78, 5) is 22.3. The van der Waals surface area contributed by atoms with E-state index < -0.39 is 0 Å². The summed E-state index contributed by atoms with van der Waals surface area (Å²) in [6, 6.07) is 3.89. The zero-order valence-electron chi connectivity index (χ0n) is 11.9. The first-order chi connectivity index (χ1) is 10.7. The molecule has 3 aromatic rings. The van der Waals surface area contributed by atoms with E-state index in [1.807, 2.05) is 24.4 Å². The molecule has 3 heterocycles. The lowest BCUT2D eigenvalue weighted by atomic mass is 10.2. The largest absolute Gasteiger partial charge is 0.339 e. The van der Waals surface area contributed by atoms with Gasteiger partial charge in [0.2, 0.25) is 17.6 Å². The smallest absolute Gasteiger partial charge is 0.226 e. The Kier molecular flexibility index (Phi) is 4.59. The standard InChI is InChI=1S/C14H14N4O2S2/c1-9-8-15-14(22-9)16-11(19)5-2-6-12-17-13(18-20-12)10-4-3-7-21-10/h3-4,7-8H,2,5-6H2,1H3,(H,15,16,19). The van der Waals surface area contributed by atoms with Crippen LogP contribution in [0.15, 0.2) is 28.2 Å². The average Bonchev–Trinajstić information content (AvgIpc) is 3.20. The van der Waals surface area contributed by atoms with Crippen molar-refractivity contribution in [2.75, 3.05) is 5.32 Å². The number of aromatic nitrogens is 3. The van der Waals surface area contributed by atoms with Gasteiger partial charge in [-0.05, 0) is 24.8 Å². The Morgan fingerprint density at radius 2 is 2.36 bits per heavy atom. The van der Waals surface area contributed by atoms with Gasteiger partial charge in [-0.3, -0.25) is 4.79 Å². The number of aryl methyl sites for hydroxylation is 2. The lowest BCUT2D eigenvalue weighted by Crippen LogP contribution is -2.11. The fourth-order valence-electron chi connectivity index (χ4n) is 1.86. The molecule has 0 fully saturated rings. The van der Waals surface area contributed by atoms with Gasteiger partial charge in [0.1, 0.15) is 0 Å². The van der Waals surface area contributed by atoms with Gasteiger partial charge in [0.25, 0.3) is 0 Å².